The second-order valence-corrected chi connectivity index (χ2v) is 7.05. The third kappa shape index (κ3) is 7.81. The van der Waals surface area contributed by atoms with E-state index < -0.39 is 11.9 Å². The number of carbonyl (C=O) groups is 2. The molecule has 30 heavy (non-hydrogen) atoms. The van der Waals surface area contributed by atoms with Gasteiger partial charge < -0.3 is 14.6 Å². The van der Waals surface area contributed by atoms with Gasteiger partial charge in [0, 0.05) is 6.20 Å². The van der Waals surface area contributed by atoms with Crippen LogP contribution in [0.3, 0.4) is 0 Å². The number of carbonyl (C=O) groups excluding carboxylic acids is 1. The van der Waals surface area contributed by atoms with Gasteiger partial charge in [0.05, 0.1) is 12.2 Å². The number of aromatic carboxylic acids is 1. The molecule has 0 bridgehead atoms. The smallest absolute Gasteiger partial charge is 0.358 e. The second-order valence-electron chi connectivity index (χ2n) is 7.05. The summed E-state index contributed by atoms with van der Waals surface area (Å²) in [5, 5.41) is 9.30. The molecule has 0 atom stereocenters. The topological polar surface area (TPSA) is 85.7 Å². The van der Waals surface area contributed by atoms with Gasteiger partial charge in [0.25, 0.3) is 0 Å². The number of nitrogens with zero attached hydrogens (tertiary/aromatic N) is 1. The van der Waals surface area contributed by atoms with Crippen molar-refractivity contribution in [3.05, 3.63) is 59.2 Å². The highest BCUT2D eigenvalue weighted by molar-refractivity contribution is 5.93. The minimum atomic E-state index is -1.27. The summed E-state index contributed by atoms with van der Waals surface area (Å²) in [5.74, 6) is -2.27. The molecule has 1 N–H and O–H groups in total. The number of hydrogen-bond acceptors (Lipinski definition) is 5. The predicted octanol–water partition coefficient (Wildman–Crippen LogP) is 5.41. The van der Waals surface area contributed by atoms with E-state index in [1.165, 1.54) is 62.2 Å². The van der Waals surface area contributed by atoms with Crippen LogP contribution in [0, 0.1) is 5.82 Å². The highest BCUT2D eigenvalue weighted by Gasteiger charge is 2.18. The van der Waals surface area contributed by atoms with Crippen LogP contribution in [0.15, 0.2) is 36.5 Å². The predicted molar refractivity (Wildman–Crippen MR) is 110 cm³/mol. The maximum absolute atomic E-state index is 13.0. The van der Waals surface area contributed by atoms with Crippen LogP contribution in [0.25, 0.3) is 0 Å². The summed E-state index contributed by atoms with van der Waals surface area (Å²) in [4.78, 5) is 27.5. The van der Waals surface area contributed by atoms with E-state index in [-0.39, 0.29) is 29.4 Å². The summed E-state index contributed by atoms with van der Waals surface area (Å²) in [6.07, 6.45) is 8.96. The third-order valence-corrected chi connectivity index (χ3v) is 4.58. The van der Waals surface area contributed by atoms with Crippen molar-refractivity contribution >= 4 is 11.9 Å². The molecule has 6 nitrogen and oxygen atoms in total. The molecule has 0 aliphatic rings. The Morgan fingerprint density at radius 2 is 1.70 bits per heavy atom. The van der Waals surface area contributed by atoms with Crippen LogP contribution in [0.5, 0.6) is 5.75 Å². The first-order valence-electron chi connectivity index (χ1n) is 10.3. The largest absolute Gasteiger partial charge is 0.486 e. The maximum Gasteiger partial charge on any atom is 0.358 e. The first-order valence-corrected chi connectivity index (χ1v) is 10.3. The fourth-order valence-corrected chi connectivity index (χ4v) is 2.88. The highest BCUT2D eigenvalue weighted by Crippen LogP contribution is 2.21. The molecule has 0 fully saturated rings. The van der Waals surface area contributed by atoms with Crippen molar-refractivity contribution in [2.24, 2.45) is 0 Å². The third-order valence-electron chi connectivity index (χ3n) is 4.58. The summed E-state index contributed by atoms with van der Waals surface area (Å²) in [5.41, 5.74) is 0.470. The standard InChI is InChI=1S/C23H28FNO5/c1-2-3-4-5-6-7-8-13-29-23(28)18-14-20(21(22(26)27)25-15-18)30-16-17-9-11-19(24)12-10-17/h9-12,14-15H,2-8,13,16H2,1H3,(H,26,27). The molecule has 0 saturated carbocycles. The van der Waals surface area contributed by atoms with Crippen LogP contribution in [-0.4, -0.2) is 28.6 Å². The molecule has 0 unspecified atom stereocenters. The number of ether oxygens (including phenoxy) is 2. The van der Waals surface area contributed by atoms with Gasteiger partial charge in [-0.1, -0.05) is 57.6 Å². The zero-order chi connectivity index (χ0) is 21.8. The Bertz CT molecular complexity index is 823. The minimum absolute atomic E-state index is 0.0127. The van der Waals surface area contributed by atoms with Crippen LogP contribution in [0.1, 0.15) is 78.3 Å². The van der Waals surface area contributed by atoms with Crippen molar-refractivity contribution in [1.82, 2.24) is 4.98 Å². The molecule has 0 aliphatic carbocycles. The first-order chi connectivity index (χ1) is 14.5. The number of aromatic nitrogens is 1. The monoisotopic (exact) mass is 417 g/mol. The van der Waals surface area contributed by atoms with Gasteiger partial charge in [-0.15, -0.1) is 0 Å². The van der Waals surface area contributed by atoms with Gasteiger partial charge in [-0.05, 0) is 30.2 Å². The molecule has 0 aliphatic heterocycles. The van der Waals surface area contributed by atoms with Crippen molar-refractivity contribution in [1.29, 1.82) is 0 Å². The molecule has 1 aromatic heterocycles. The van der Waals surface area contributed by atoms with Gasteiger partial charge in [-0.2, -0.15) is 0 Å². The minimum Gasteiger partial charge on any atom is -0.486 e. The van der Waals surface area contributed by atoms with Crippen molar-refractivity contribution < 1.29 is 28.6 Å². The lowest BCUT2D eigenvalue weighted by molar-refractivity contribution is 0.0494. The quantitative estimate of drug-likeness (QED) is 0.347. The Kier molecular flexibility index (Phi) is 9.77. The van der Waals surface area contributed by atoms with Gasteiger partial charge in [-0.25, -0.2) is 19.0 Å². The molecule has 1 aromatic carbocycles. The number of pyridine rings is 1. The van der Waals surface area contributed by atoms with Gasteiger partial charge in [0.2, 0.25) is 0 Å². The van der Waals surface area contributed by atoms with E-state index in [1.54, 1.807) is 0 Å². The zero-order valence-corrected chi connectivity index (χ0v) is 17.2. The van der Waals surface area contributed by atoms with E-state index in [0.29, 0.717) is 12.2 Å². The molecule has 1 heterocycles. The first kappa shape index (κ1) is 23.3. The summed E-state index contributed by atoms with van der Waals surface area (Å²) < 4.78 is 23.8. The van der Waals surface area contributed by atoms with Crippen molar-refractivity contribution in [2.75, 3.05) is 6.61 Å². The van der Waals surface area contributed by atoms with E-state index in [2.05, 4.69) is 11.9 Å². The molecular weight excluding hydrogens is 389 g/mol. The van der Waals surface area contributed by atoms with E-state index in [1.807, 2.05) is 0 Å². The lowest BCUT2D eigenvalue weighted by atomic mass is 10.1. The van der Waals surface area contributed by atoms with E-state index in [0.717, 1.165) is 19.3 Å². The number of halogens is 1. The second kappa shape index (κ2) is 12.6. The molecular formula is C23H28FNO5. The summed E-state index contributed by atoms with van der Waals surface area (Å²) in [6, 6.07) is 6.94. The number of rotatable bonds is 13. The van der Waals surface area contributed by atoms with Gasteiger partial charge in [0.15, 0.2) is 11.4 Å². The van der Waals surface area contributed by atoms with Crippen LogP contribution in [0.2, 0.25) is 0 Å². The zero-order valence-electron chi connectivity index (χ0n) is 17.2. The molecule has 7 heteroatoms. The number of unbranched alkanes of at least 4 members (excludes halogenated alkanes) is 6. The number of benzene rings is 1. The fraction of sp³-hybridized carbons (Fsp3) is 0.435. The number of carboxylic acids is 1. The maximum atomic E-state index is 13.0. The average Bonchev–Trinajstić information content (AvgIpc) is 2.74. The van der Waals surface area contributed by atoms with E-state index >= 15 is 0 Å². The van der Waals surface area contributed by atoms with E-state index in [9.17, 15) is 19.1 Å². The molecule has 0 radical (unpaired) electrons. The number of esters is 1. The summed E-state index contributed by atoms with van der Waals surface area (Å²) in [6.45, 7) is 2.49. The normalized spacial score (nSPS) is 10.6. The van der Waals surface area contributed by atoms with Crippen molar-refractivity contribution in [3.8, 4) is 5.75 Å². The van der Waals surface area contributed by atoms with Gasteiger partial charge in [-0.3, -0.25) is 0 Å². The Morgan fingerprint density at radius 1 is 1.03 bits per heavy atom. The SMILES string of the molecule is CCCCCCCCCOC(=O)c1cnc(C(=O)O)c(OCc2ccc(F)cc2)c1. The van der Waals surface area contributed by atoms with Crippen LogP contribution in [-0.2, 0) is 11.3 Å². The van der Waals surface area contributed by atoms with Crippen molar-refractivity contribution in [2.45, 2.75) is 58.5 Å². The van der Waals surface area contributed by atoms with Crippen LogP contribution >= 0.6 is 0 Å². The number of carboxylic acid groups (broad SMARTS) is 1. The highest BCUT2D eigenvalue weighted by atomic mass is 19.1. The Balaban J connectivity index is 1.89. The number of hydrogen-bond donors (Lipinski definition) is 1. The molecule has 2 aromatic rings. The Morgan fingerprint density at radius 3 is 2.37 bits per heavy atom. The van der Waals surface area contributed by atoms with Crippen LogP contribution < -0.4 is 4.74 Å². The fourth-order valence-electron chi connectivity index (χ4n) is 2.88. The summed E-state index contributed by atoms with van der Waals surface area (Å²) in [7, 11) is 0. The molecule has 2 rings (SSSR count). The Hall–Kier alpha value is -2.96. The van der Waals surface area contributed by atoms with Crippen molar-refractivity contribution in [3.63, 3.8) is 0 Å². The average molecular weight is 417 g/mol. The van der Waals surface area contributed by atoms with Gasteiger partial charge in [0.1, 0.15) is 12.4 Å². The lowest BCUT2D eigenvalue weighted by Gasteiger charge is -2.11. The molecule has 162 valence electrons. The summed E-state index contributed by atoms with van der Waals surface area (Å²) >= 11 is 0. The molecule has 0 spiro atoms. The van der Waals surface area contributed by atoms with E-state index in [4.69, 9.17) is 9.47 Å². The lowest BCUT2D eigenvalue weighted by Crippen LogP contribution is -2.11. The molecule has 0 saturated heterocycles. The Labute approximate surface area is 176 Å². The van der Waals surface area contributed by atoms with Gasteiger partial charge >= 0.3 is 11.9 Å². The molecule has 0 amide bonds. The van der Waals surface area contributed by atoms with Crippen LogP contribution in [0.4, 0.5) is 4.39 Å².